The van der Waals surface area contributed by atoms with Crippen molar-refractivity contribution in [2.75, 3.05) is 5.32 Å². The third kappa shape index (κ3) is 3.58. The standard InChI is InChI=1S/C20H16N4S3/c25-20(21-12-5-6-12)22-13-7-8-14-15(11-13)24-19(17-4-2-10-27-17)18(23-14)16-3-1-9-26-16/h1-4,7-12H,5-6H2,(H2,21,22,25). The molecule has 1 aliphatic carbocycles. The Bertz CT molecular complexity index is 1100. The van der Waals surface area contributed by atoms with Crippen molar-refractivity contribution in [2.45, 2.75) is 18.9 Å². The molecule has 0 bridgehead atoms. The van der Waals surface area contributed by atoms with Gasteiger partial charge in [-0.25, -0.2) is 9.97 Å². The zero-order valence-corrected chi connectivity index (χ0v) is 16.8. The Morgan fingerprint density at radius 3 is 2.19 bits per heavy atom. The second kappa shape index (κ2) is 6.99. The van der Waals surface area contributed by atoms with Crippen LogP contribution in [0.3, 0.4) is 0 Å². The number of hydrogen-bond donors (Lipinski definition) is 2. The number of hydrogen-bond acceptors (Lipinski definition) is 5. The minimum absolute atomic E-state index is 0.532. The quantitative estimate of drug-likeness (QED) is 0.435. The van der Waals surface area contributed by atoms with E-state index in [1.165, 1.54) is 12.8 Å². The van der Waals surface area contributed by atoms with Crippen molar-refractivity contribution >= 4 is 56.7 Å². The largest absolute Gasteiger partial charge is 0.360 e. The minimum Gasteiger partial charge on any atom is -0.360 e. The number of nitrogens with one attached hydrogen (secondary N) is 2. The molecule has 1 fully saturated rings. The summed E-state index contributed by atoms with van der Waals surface area (Å²) < 4.78 is 0. The van der Waals surface area contributed by atoms with Gasteiger partial charge in [0.25, 0.3) is 0 Å². The molecule has 27 heavy (non-hydrogen) atoms. The summed E-state index contributed by atoms with van der Waals surface area (Å²) in [5.74, 6) is 0. The van der Waals surface area contributed by atoms with Crippen LogP contribution in [0, 0.1) is 0 Å². The molecule has 0 atom stereocenters. The number of aromatic nitrogens is 2. The van der Waals surface area contributed by atoms with Crippen LogP contribution in [0.2, 0.25) is 0 Å². The van der Waals surface area contributed by atoms with E-state index in [4.69, 9.17) is 22.2 Å². The van der Waals surface area contributed by atoms with Gasteiger partial charge in [-0.3, -0.25) is 0 Å². The second-order valence-electron chi connectivity index (χ2n) is 6.45. The summed E-state index contributed by atoms with van der Waals surface area (Å²) in [7, 11) is 0. The zero-order valence-electron chi connectivity index (χ0n) is 14.3. The molecular formula is C20H16N4S3. The van der Waals surface area contributed by atoms with Gasteiger partial charge in [0, 0.05) is 11.7 Å². The molecule has 1 aliphatic rings. The van der Waals surface area contributed by atoms with Gasteiger partial charge in [0.2, 0.25) is 0 Å². The Hall–Kier alpha value is -2.35. The van der Waals surface area contributed by atoms with Crippen molar-refractivity contribution in [1.29, 1.82) is 0 Å². The van der Waals surface area contributed by atoms with Crippen LogP contribution < -0.4 is 10.6 Å². The number of anilines is 1. The molecule has 0 aliphatic heterocycles. The van der Waals surface area contributed by atoms with Crippen molar-refractivity contribution in [2.24, 2.45) is 0 Å². The van der Waals surface area contributed by atoms with Crippen LogP contribution in [0.25, 0.3) is 32.2 Å². The van der Waals surface area contributed by atoms with E-state index in [1.807, 2.05) is 30.3 Å². The average Bonchev–Trinajstić information content (AvgIpc) is 3.15. The van der Waals surface area contributed by atoms with E-state index in [9.17, 15) is 0 Å². The first-order valence-corrected chi connectivity index (χ1v) is 10.9. The highest BCUT2D eigenvalue weighted by Gasteiger charge is 2.22. The molecule has 0 spiro atoms. The van der Waals surface area contributed by atoms with Gasteiger partial charge in [-0.2, -0.15) is 0 Å². The van der Waals surface area contributed by atoms with Gasteiger partial charge >= 0.3 is 0 Å². The van der Waals surface area contributed by atoms with Crippen molar-refractivity contribution in [3.63, 3.8) is 0 Å². The normalized spacial score (nSPS) is 13.6. The summed E-state index contributed by atoms with van der Waals surface area (Å²) in [4.78, 5) is 12.1. The Labute approximate surface area is 170 Å². The van der Waals surface area contributed by atoms with Crippen LogP contribution >= 0.6 is 34.9 Å². The third-order valence-corrected chi connectivity index (χ3v) is 6.32. The average molecular weight is 409 g/mol. The highest BCUT2D eigenvalue weighted by atomic mass is 32.1. The molecule has 0 unspecified atom stereocenters. The number of thiocarbonyl (C=S) groups is 1. The van der Waals surface area contributed by atoms with Crippen LogP contribution in [0.1, 0.15) is 12.8 Å². The van der Waals surface area contributed by atoms with Crippen LogP contribution in [-0.2, 0) is 0 Å². The maximum atomic E-state index is 5.39. The summed E-state index contributed by atoms with van der Waals surface area (Å²) in [5.41, 5.74) is 4.53. The Morgan fingerprint density at radius 1 is 0.926 bits per heavy atom. The highest BCUT2D eigenvalue weighted by molar-refractivity contribution is 7.80. The summed E-state index contributed by atoms with van der Waals surface area (Å²) in [6.07, 6.45) is 2.39. The predicted molar refractivity (Wildman–Crippen MR) is 119 cm³/mol. The molecule has 0 amide bonds. The van der Waals surface area contributed by atoms with Crippen molar-refractivity contribution in [3.05, 3.63) is 53.2 Å². The molecule has 1 aromatic carbocycles. The van der Waals surface area contributed by atoms with Gasteiger partial charge in [0.1, 0.15) is 11.4 Å². The molecule has 4 aromatic rings. The summed E-state index contributed by atoms with van der Waals surface area (Å²) >= 11 is 8.75. The Balaban J connectivity index is 1.56. The fourth-order valence-corrected chi connectivity index (χ4v) is 4.60. The third-order valence-electron chi connectivity index (χ3n) is 4.34. The lowest BCUT2D eigenvalue weighted by Crippen LogP contribution is -2.30. The topological polar surface area (TPSA) is 49.8 Å². The monoisotopic (exact) mass is 408 g/mol. The first-order valence-electron chi connectivity index (χ1n) is 8.73. The number of fused-ring (bicyclic) bond motifs is 1. The predicted octanol–water partition coefficient (Wildman–Crippen LogP) is 5.54. The molecule has 1 saturated carbocycles. The van der Waals surface area contributed by atoms with Crippen LogP contribution in [0.5, 0.6) is 0 Å². The fraction of sp³-hybridized carbons (Fsp3) is 0.150. The van der Waals surface area contributed by atoms with E-state index in [-0.39, 0.29) is 0 Å². The zero-order chi connectivity index (χ0) is 18.2. The lowest BCUT2D eigenvalue weighted by molar-refractivity contribution is 0.919. The Morgan fingerprint density at radius 2 is 1.59 bits per heavy atom. The molecule has 3 aromatic heterocycles. The second-order valence-corrected chi connectivity index (χ2v) is 8.76. The highest BCUT2D eigenvalue weighted by Crippen LogP contribution is 2.35. The molecule has 3 heterocycles. The van der Waals surface area contributed by atoms with Gasteiger partial charge in [0.05, 0.1) is 20.8 Å². The van der Waals surface area contributed by atoms with Gasteiger partial charge < -0.3 is 10.6 Å². The van der Waals surface area contributed by atoms with Crippen molar-refractivity contribution in [3.8, 4) is 21.1 Å². The van der Waals surface area contributed by atoms with Gasteiger partial charge in [-0.1, -0.05) is 12.1 Å². The summed E-state index contributed by atoms with van der Waals surface area (Å²) in [5, 5.41) is 11.4. The van der Waals surface area contributed by atoms with Gasteiger partial charge in [0.15, 0.2) is 5.11 Å². The first-order chi connectivity index (χ1) is 13.3. The van der Waals surface area contributed by atoms with Gasteiger partial charge in [-0.05, 0) is 66.2 Å². The van der Waals surface area contributed by atoms with Crippen LogP contribution in [0.4, 0.5) is 5.69 Å². The van der Waals surface area contributed by atoms with E-state index in [0.29, 0.717) is 11.2 Å². The fourth-order valence-electron chi connectivity index (χ4n) is 2.88. The number of benzene rings is 1. The van der Waals surface area contributed by atoms with E-state index in [0.717, 1.165) is 37.9 Å². The maximum Gasteiger partial charge on any atom is 0.170 e. The molecule has 0 radical (unpaired) electrons. The van der Waals surface area contributed by atoms with Crippen molar-refractivity contribution in [1.82, 2.24) is 15.3 Å². The lowest BCUT2D eigenvalue weighted by atomic mass is 10.2. The smallest absolute Gasteiger partial charge is 0.170 e. The molecule has 2 N–H and O–H groups in total. The van der Waals surface area contributed by atoms with Crippen LogP contribution in [0.15, 0.2) is 53.2 Å². The molecule has 5 rings (SSSR count). The molecule has 4 nitrogen and oxygen atoms in total. The van der Waals surface area contributed by atoms with Gasteiger partial charge in [-0.15, -0.1) is 22.7 Å². The Kier molecular flexibility index (Phi) is 4.35. The molecule has 7 heteroatoms. The number of thiophene rings is 2. The number of rotatable bonds is 4. The first kappa shape index (κ1) is 16.8. The maximum absolute atomic E-state index is 5.39. The minimum atomic E-state index is 0.532. The molecular weight excluding hydrogens is 392 g/mol. The van der Waals surface area contributed by atoms with E-state index in [1.54, 1.807) is 22.7 Å². The number of nitrogens with zero attached hydrogens (tertiary/aromatic N) is 2. The van der Waals surface area contributed by atoms with E-state index >= 15 is 0 Å². The summed E-state index contributed by atoms with van der Waals surface area (Å²) in [6, 6.07) is 14.8. The molecule has 134 valence electrons. The summed E-state index contributed by atoms with van der Waals surface area (Å²) in [6.45, 7) is 0. The SMILES string of the molecule is S=C(Nc1ccc2nc(-c3cccs3)c(-c3cccs3)nc2c1)NC1CC1. The lowest BCUT2D eigenvalue weighted by Gasteiger charge is -2.11. The van der Waals surface area contributed by atoms with Crippen molar-refractivity contribution < 1.29 is 0 Å². The molecule has 0 saturated heterocycles. The van der Waals surface area contributed by atoms with E-state index < -0.39 is 0 Å². The van der Waals surface area contributed by atoms with Crippen LogP contribution in [-0.4, -0.2) is 21.1 Å². The van der Waals surface area contributed by atoms with E-state index in [2.05, 4.69) is 33.5 Å².